The zero-order chi connectivity index (χ0) is 18.3. The van der Waals surface area contributed by atoms with E-state index in [1.807, 2.05) is 26.0 Å². The lowest BCUT2D eigenvalue weighted by molar-refractivity contribution is 0.242. The van der Waals surface area contributed by atoms with Gasteiger partial charge in [0.25, 0.3) is 0 Å². The highest BCUT2D eigenvalue weighted by molar-refractivity contribution is 7.89. The summed E-state index contributed by atoms with van der Waals surface area (Å²) in [6.07, 6.45) is 0.0349. The normalized spacial score (nSPS) is 11.4. The molecule has 0 aromatic heterocycles. The molecule has 25 heavy (non-hydrogen) atoms. The Bertz CT molecular complexity index is 772. The van der Waals surface area contributed by atoms with Gasteiger partial charge in [0.05, 0.1) is 18.1 Å². The monoisotopic (exact) mass is 365 g/mol. The molecule has 136 valence electrons. The molecule has 0 aliphatic heterocycles. The lowest BCUT2D eigenvalue weighted by atomic mass is 10.3. The van der Waals surface area contributed by atoms with Gasteiger partial charge < -0.3 is 14.2 Å². The first-order valence-corrected chi connectivity index (χ1v) is 9.43. The first kappa shape index (κ1) is 19.1. The van der Waals surface area contributed by atoms with Gasteiger partial charge in [0.15, 0.2) is 11.5 Å². The van der Waals surface area contributed by atoms with Gasteiger partial charge in [0, 0.05) is 6.54 Å². The molecule has 6 nitrogen and oxygen atoms in total. The van der Waals surface area contributed by atoms with E-state index >= 15 is 0 Å². The maximum Gasteiger partial charge on any atom is 0.240 e. The molecule has 0 radical (unpaired) electrons. The Hall–Kier alpha value is -2.25. The summed E-state index contributed by atoms with van der Waals surface area (Å²) < 4.78 is 43.3. The Morgan fingerprint density at radius 3 is 2.24 bits per heavy atom. The van der Waals surface area contributed by atoms with E-state index in [9.17, 15) is 8.42 Å². The van der Waals surface area contributed by atoms with Gasteiger partial charge in [-0.05, 0) is 50.2 Å². The summed E-state index contributed by atoms with van der Waals surface area (Å²) in [5, 5.41) is 0. The van der Waals surface area contributed by atoms with E-state index < -0.39 is 10.0 Å². The highest BCUT2D eigenvalue weighted by Crippen LogP contribution is 2.25. The van der Waals surface area contributed by atoms with E-state index in [0.717, 1.165) is 0 Å². The zero-order valence-corrected chi connectivity index (χ0v) is 15.4. The van der Waals surface area contributed by atoms with E-state index in [4.69, 9.17) is 14.2 Å². The van der Waals surface area contributed by atoms with Crippen molar-refractivity contribution in [3.63, 3.8) is 0 Å². The van der Waals surface area contributed by atoms with E-state index in [2.05, 4.69) is 4.72 Å². The predicted molar refractivity (Wildman–Crippen MR) is 95.9 cm³/mol. The van der Waals surface area contributed by atoms with Crippen LogP contribution in [0.2, 0.25) is 0 Å². The Morgan fingerprint density at radius 1 is 1.00 bits per heavy atom. The van der Waals surface area contributed by atoms with Crippen LogP contribution in [0, 0.1) is 0 Å². The molecule has 2 aromatic rings. The molecule has 0 fully saturated rings. The van der Waals surface area contributed by atoms with Crippen molar-refractivity contribution in [3.05, 3.63) is 48.5 Å². The quantitative estimate of drug-likeness (QED) is 0.692. The van der Waals surface area contributed by atoms with Crippen LogP contribution in [0.5, 0.6) is 17.2 Å². The van der Waals surface area contributed by atoms with Crippen LogP contribution in [0.25, 0.3) is 0 Å². The summed E-state index contributed by atoms with van der Waals surface area (Å²) in [5.74, 6) is 1.80. The highest BCUT2D eigenvalue weighted by Gasteiger charge is 2.14. The van der Waals surface area contributed by atoms with Gasteiger partial charge in [0.1, 0.15) is 12.4 Å². The number of hydrogen-bond acceptors (Lipinski definition) is 5. The van der Waals surface area contributed by atoms with Gasteiger partial charge in [0.2, 0.25) is 10.0 Å². The average Bonchev–Trinajstić information content (AvgIpc) is 2.59. The van der Waals surface area contributed by atoms with E-state index in [1.54, 1.807) is 31.4 Å². The molecular formula is C18H23NO5S. The molecule has 0 aliphatic rings. The topological polar surface area (TPSA) is 73.9 Å². The van der Waals surface area contributed by atoms with Crippen molar-refractivity contribution in [2.24, 2.45) is 0 Å². The molecule has 0 heterocycles. The second-order valence-corrected chi connectivity index (χ2v) is 7.30. The molecule has 0 atom stereocenters. The Balaban J connectivity index is 1.89. The van der Waals surface area contributed by atoms with Crippen molar-refractivity contribution in [1.82, 2.24) is 4.72 Å². The summed E-state index contributed by atoms with van der Waals surface area (Å²) >= 11 is 0. The third-order valence-corrected chi connectivity index (χ3v) is 4.70. The maximum absolute atomic E-state index is 12.3. The summed E-state index contributed by atoms with van der Waals surface area (Å²) in [5.41, 5.74) is 0. The lowest BCUT2D eigenvalue weighted by Gasteiger charge is -2.12. The first-order valence-electron chi connectivity index (χ1n) is 7.94. The van der Waals surface area contributed by atoms with Gasteiger partial charge in [-0.25, -0.2) is 13.1 Å². The second-order valence-electron chi connectivity index (χ2n) is 5.54. The molecule has 0 amide bonds. The molecule has 2 rings (SSSR count). The van der Waals surface area contributed by atoms with Crippen molar-refractivity contribution >= 4 is 10.0 Å². The van der Waals surface area contributed by atoms with Crippen molar-refractivity contribution in [2.45, 2.75) is 24.8 Å². The molecule has 0 bridgehead atoms. The summed E-state index contributed by atoms with van der Waals surface area (Å²) in [7, 11) is -2.04. The molecular weight excluding hydrogens is 342 g/mol. The van der Waals surface area contributed by atoms with Crippen LogP contribution in [0.1, 0.15) is 13.8 Å². The fraction of sp³-hybridized carbons (Fsp3) is 0.333. The predicted octanol–water partition coefficient (Wildman–Crippen LogP) is 2.84. The van der Waals surface area contributed by atoms with Crippen LogP contribution in [-0.4, -0.2) is 34.8 Å². The minimum atomic E-state index is -3.59. The average molecular weight is 365 g/mol. The number of sulfonamides is 1. The van der Waals surface area contributed by atoms with Crippen molar-refractivity contribution in [3.8, 4) is 17.2 Å². The summed E-state index contributed by atoms with van der Waals surface area (Å²) in [4.78, 5) is 0.181. The number of para-hydroxylation sites is 2. The van der Waals surface area contributed by atoms with E-state index in [-0.39, 0.29) is 24.2 Å². The maximum atomic E-state index is 12.3. The highest BCUT2D eigenvalue weighted by atomic mass is 32.2. The molecule has 1 N–H and O–H groups in total. The molecule has 0 saturated heterocycles. The van der Waals surface area contributed by atoms with Gasteiger partial charge in [-0.3, -0.25) is 0 Å². The summed E-state index contributed by atoms with van der Waals surface area (Å²) in [6.45, 7) is 4.15. The standard InChI is InChI=1S/C18H23NO5S/c1-14(2)24-15-8-10-16(11-9-15)25(20,21)19-12-13-23-18-7-5-4-6-17(18)22-3/h4-11,14,19H,12-13H2,1-3H3. The molecule has 7 heteroatoms. The van der Waals surface area contributed by atoms with Crippen molar-refractivity contribution < 1.29 is 22.6 Å². The number of ether oxygens (including phenoxy) is 3. The Morgan fingerprint density at radius 2 is 1.64 bits per heavy atom. The SMILES string of the molecule is COc1ccccc1OCCNS(=O)(=O)c1ccc(OC(C)C)cc1. The van der Waals surface area contributed by atoms with Gasteiger partial charge in [-0.2, -0.15) is 0 Å². The molecule has 0 unspecified atom stereocenters. The van der Waals surface area contributed by atoms with E-state index in [1.165, 1.54) is 12.1 Å². The van der Waals surface area contributed by atoms with Crippen LogP contribution < -0.4 is 18.9 Å². The van der Waals surface area contributed by atoms with Crippen LogP contribution in [0.15, 0.2) is 53.4 Å². The van der Waals surface area contributed by atoms with E-state index in [0.29, 0.717) is 17.2 Å². The number of nitrogens with one attached hydrogen (secondary N) is 1. The zero-order valence-electron chi connectivity index (χ0n) is 14.6. The molecule has 0 saturated carbocycles. The van der Waals surface area contributed by atoms with Crippen LogP contribution >= 0.6 is 0 Å². The second kappa shape index (κ2) is 8.73. The third kappa shape index (κ3) is 5.65. The molecule has 0 aliphatic carbocycles. The lowest BCUT2D eigenvalue weighted by Crippen LogP contribution is -2.28. The van der Waals surface area contributed by atoms with Gasteiger partial charge in [-0.15, -0.1) is 0 Å². The first-order chi connectivity index (χ1) is 11.9. The minimum absolute atomic E-state index is 0.0349. The Labute approximate surface area is 148 Å². The Kier molecular flexibility index (Phi) is 6.66. The number of hydrogen-bond donors (Lipinski definition) is 1. The fourth-order valence-corrected chi connectivity index (χ4v) is 3.14. The summed E-state index contributed by atoms with van der Waals surface area (Å²) in [6, 6.07) is 13.5. The van der Waals surface area contributed by atoms with Crippen molar-refractivity contribution in [1.29, 1.82) is 0 Å². The molecule has 0 spiro atoms. The number of benzene rings is 2. The third-order valence-electron chi connectivity index (χ3n) is 3.23. The van der Waals surface area contributed by atoms with Crippen LogP contribution in [0.3, 0.4) is 0 Å². The van der Waals surface area contributed by atoms with Crippen molar-refractivity contribution in [2.75, 3.05) is 20.3 Å². The molecule has 2 aromatic carbocycles. The van der Waals surface area contributed by atoms with Gasteiger partial charge >= 0.3 is 0 Å². The van der Waals surface area contributed by atoms with Gasteiger partial charge in [-0.1, -0.05) is 12.1 Å². The number of methoxy groups -OCH3 is 1. The van der Waals surface area contributed by atoms with Crippen LogP contribution in [-0.2, 0) is 10.0 Å². The largest absolute Gasteiger partial charge is 0.493 e. The van der Waals surface area contributed by atoms with Crippen LogP contribution in [0.4, 0.5) is 0 Å². The smallest absolute Gasteiger partial charge is 0.240 e. The fourth-order valence-electron chi connectivity index (χ4n) is 2.13. The number of rotatable bonds is 9. The minimum Gasteiger partial charge on any atom is -0.493 e.